The molecular weight excluding hydrogens is 505 g/mol. The summed E-state index contributed by atoms with van der Waals surface area (Å²) in [6.45, 7) is 6.14. The van der Waals surface area contributed by atoms with Gasteiger partial charge >= 0.3 is 5.97 Å². The van der Waals surface area contributed by atoms with Crippen LogP contribution in [0.25, 0.3) is 11.1 Å². The van der Waals surface area contributed by atoms with Gasteiger partial charge in [-0.05, 0) is 30.2 Å². The largest absolute Gasteiger partial charge is 0.465 e. The highest BCUT2D eigenvalue weighted by atomic mass is 35.5. The molecule has 1 fully saturated rings. The van der Waals surface area contributed by atoms with E-state index >= 15 is 0 Å². The van der Waals surface area contributed by atoms with Crippen molar-refractivity contribution in [3.8, 4) is 11.1 Å². The maximum absolute atomic E-state index is 12.9. The monoisotopic (exact) mass is 531 g/mol. The van der Waals surface area contributed by atoms with Crippen LogP contribution >= 0.6 is 34.5 Å². The second-order valence-electron chi connectivity index (χ2n) is 8.43. The van der Waals surface area contributed by atoms with Crippen LogP contribution in [0.15, 0.2) is 48.5 Å². The zero-order valence-electron chi connectivity index (χ0n) is 19.6. The van der Waals surface area contributed by atoms with Crippen molar-refractivity contribution in [3.63, 3.8) is 0 Å². The third kappa shape index (κ3) is 6.23. The minimum absolute atomic E-state index is 0.148. The smallest absolute Gasteiger partial charge is 0.341 e. The summed E-state index contributed by atoms with van der Waals surface area (Å²) < 4.78 is 5.04. The Labute approximate surface area is 219 Å². The van der Waals surface area contributed by atoms with Crippen LogP contribution in [-0.2, 0) is 16.1 Å². The number of esters is 1. The predicted molar refractivity (Wildman–Crippen MR) is 143 cm³/mol. The van der Waals surface area contributed by atoms with E-state index < -0.39 is 5.97 Å². The zero-order valence-corrected chi connectivity index (χ0v) is 22.0. The molecule has 9 heteroatoms. The Kier molecular flexibility index (Phi) is 8.46. The average Bonchev–Trinajstić information content (AvgIpc) is 3.17. The predicted octanol–water partition coefficient (Wildman–Crippen LogP) is 5.57. The van der Waals surface area contributed by atoms with Gasteiger partial charge in [-0.15, -0.1) is 11.3 Å². The number of nitrogens with zero attached hydrogens (tertiary/aromatic N) is 2. The van der Waals surface area contributed by atoms with E-state index in [1.54, 1.807) is 6.07 Å². The van der Waals surface area contributed by atoms with Crippen LogP contribution in [-0.4, -0.2) is 61.5 Å². The van der Waals surface area contributed by atoms with Crippen molar-refractivity contribution >= 4 is 51.4 Å². The number of aryl methyl sites for hydroxylation is 1. The second kappa shape index (κ2) is 11.5. The number of carbonyl (C=O) groups is 2. The van der Waals surface area contributed by atoms with E-state index in [0.717, 1.165) is 54.3 Å². The number of carbonyl (C=O) groups excluding carboxylic acids is 2. The number of anilines is 1. The highest BCUT2D eigenvalue weighted by Gasteiger charge is 2.26. The lowest BCUT2D eigenvalue weighted by Gasteiger charge is -2.34. The Bertz CT molecular complexity index is 1210. The van der Waals surface area contributed by atoms with Crippen LogP contribution in [0.4, 0.5) is 5.00 Å². The molecule has 0 spiro atoms. The standard InChI is InChI=1S/C26H27Cl2N3O3S/c1-17-23(18-6-4-3-5-7-18)24(26(33)34-2)25(35-17)29-22(32)16-31-12-10-30(11-13-31)15-19-8-9-20(27)14-21(19)28/h3-9,14H,10-13,15-16H2,1-2H3,(H,29,32). The highest BCUT2D eigenvalue weighted by Crippen LogP contribution is 2.40. The average molecular weight is 532 g/mol. The zero-order chi connectivity index (χ0) is 24.9. The maximum Gasteiger partial charge on any atom is 0.341 e. The number of ether oxygens (including phenoxy) is 1. The molecule has 1 aliphatic rings. The van der Waals surface area contributed by atoms with Gasteiger partial charge in [0.15, 0.2) is 0 Å². The van der Waals surface area contributed by atoms with Crippen molar-refractivity contribution < 1.29 is 14.3 Å². The summed E-state index contributed by atoms with van der Waals surface area (Å²) in [5, 5.41) is 4.78. The SMILES string of the molecule is COC(=O)c1c(NC(=O)CN2CCN(Cc3ccc(Cl)cc3Cl)CC2)sc(C)c1-c1ccccc1. The molecule has 1 saturated heterocycles. The van der Waals surface area contributed by atoms with Crippen LogP contribution < -0.4 is 5.32 Å². The molecule has 1 N–H and O–H groups in total. The Morgan fingerprint density at radius 3 is 2.37 bits per heavy atom. The van der Waals surface area contributed by atoms with Crippen LogP contribution in [0.1, 0.15) is 20.8 Å². The summed E-state index contributed by atoms with van der Waals surface area (Å²) in [7, 11) is 1.35. The number of nitrogens with one attached hydrogen (secondary N) is 1. The number of hydrogen-bond donors (Lipinski definition) is 1. The van der Waals surface area contributed by atoms with E-state index in [0.29, 0.717) is 20.6 Å². The quantitative estimate of drug-likeness (QED) is 0.403. The van der Waals surface area contributed by atoms with Gasteiger partial charge < -0.3 is 10.1 Å². The molecule has 1 aromatic heterocycles. The fourth-order valence-electron chi connectivity index (χ4n) is 4.25. The number of thiophene rings is 1. The summed E-state index contributed by atoms with van der Waals surface area (Å²) in [6.07, 6.45) is 0. The maximum atomic E-state index is 12.9. The number of amides is 1. The summed E-state index contributed by atoms with van der Waals surface area (Å²) in [6, 6.07) is 15.2. The normalized spacial score (nSPS) is 14.6. The molecule has 6 nitrogen and oxygen atoms in total. The van der Waals surface area contributed by atoms with Gasteiger partial charge in [0.1, 0.15) is 10.6 Å². The van der Waals surface area contributed by atoms with E-state index in [1.165, 1.54) is 18.4 Å². The van der Waals surface area contributed by atoms with Crippen LogP contribution in [0, 0.1) is 6.92 Å². The molecule has 1 aliphatic heterocycles. The van der Waals surface area contributed by atoms with Gasteiger partial charge in [0.25, 0.3) is 0 Å². The van der Waals surface area contributed by atoms with E-state index in [1.807, 2.05) is 49.4 Å². The molecule has 3 aromatic rings. The molecule has 0 aliphatic carbocycles. The van der Waals surface area contributed by atoms with E-state index in [-0.39, 0.29) is 12.5 Å². The molecule has 35 heavy (non-hydrogen) atoms. The van der Waals surface area contributed by atoms with Gasteiger partial charge in [-0.1, -0.05) is 59.6 Å². The van der Waals surface area contributed by atoms with Crippen molar-refractivity contribution in [2.75, 3.05) is 45.2 Å². The lowest BCUT2D eigenvalue weighted by molar-refractivity contribution is -0.117. The highest BCUT2D eigenvalue weighted by molar-refractivity contribution is 7.17. The molecule has 0 atom stereocenters. The first-order valence-corrected chi connectivity index (χ1v) is 12.9. The van der Waals surface area contributed by atoms with Gasteiger partial charge in [-0.3, -0.25) is 14.6 Å². The lowest BCUT2D eigenvalue weighted by atomic mass is 10.0. The molecule has 0 unspecified atom stereocenters. The number of methoxy groups -OCH3 is 1. The van der Waals surface area contributed by atoms with E-state index in [4.69, 9.17) is 27.9 Å². The van der Waals surface area contributed by atoms with Crippen LogP contribution in [0.3, 0.4) is 0 Å². The lowest BCUT2D eigenvalue weighted by Crippen LogP contribution is -2.48. The molecule has 4 rings (SSSR count). The van der Waals surface area contributed by atoms with Gasteiger partial charge in [0, 0.05) is 53.2 Å². The minimum atomic E-state index is -0.460. The van der Waals surface area contributed by atoms with Crippen molar-refractivity contribution in [1.29, 1.82) is 0 Å². The fraction of sp³-hybridized carbons (Fsp3) is 0.308. The Morgan fingerprint density at radius 1 is 1.03 bits per heavy atom. The van der Waals surface area contributed by atoms with Gasteiger partial charge in [0.2, 0.25) is 5.91 Å². The molecule has 0 bridgehead atoms. The fourth-order valence-corrected chi connectivity index (χ4v) is 5.80. The van der Waals surface area contributed by atoms with Crippen molar-refractivity contribution in [2.24, 2.45) is 0 Å². The third-order valence-corrected chi connectivity index (χ3v) is 7.64. The van der Waals surface area contributed by atoms with Crippen LogP contribution in [0.2, 0.25) is 10.0 Å². The topological polar surface area (TPSA) is 61.9 Å². The Balaban J connectivity index is 1.38. The van der Waals surface area contributed by atoms with Crippen molar-refractivity contribution in [2.45, 2.75) is 13.5 Å². The van der Waals surface area contributed by atoms with Gasteiger partial charge in [-0.2, -0.15) is 0 Å². The summed E-state index contributed by atoms with van der Waals surface area (Å²) in [4.78, 5) is 30.9. The minimum Gasteiger partial charge on any atom is -0.465 e. The number of benzene rings is 2. The molecule has 2 aromatic carbocycles. The molecule has 1 amide bonds. The molecule has 184 valence electrons. The Hall–Kier alpha value is -2.42. The molecule has 0 radical (unpaired) electrons. The van der Waals surface area contributed by atoms with Crippen molar-refractivity contribution in [3.05, 3.63) is 74.6 Å². The summed E-state index contributed by atoms with van der Waals surface area (Å²) in [5.74, 6) is -0.608. The second-order valence-corrected chi connectivity index (χ2v) is 10.5. The summed E-state index contributed by atoms with van der Waals surface area (Å²) in [5.41, 5.74) is 3.16. The van der Waals surface area contributed by atoms with E-state index in [2.05, 4.69) is 15.1 Å². The molecule has 2 heterocycles. The number of halogens is 2. The van der Waals surface area contributed by atoms with Gasteiger partial charge in [-0.25, -0.2) is 4.79 Å². The first kappa shape index (κ1) is 25.7. The number of rotatable bonds is 7. The van der Waals surface area contributed by atoms with Crippen LogP contribution in [0.5, 0.6) is 0 Å². The van der Waals surface area contributed by atoms with E-state index in [9.17, 15) is 9.59 Å². The Morgan fingerprint density at radius 2 is 1.71 bits per heavy atom. The van der Waals surface area contributed by atoms with Gasteiger partial charge in [0.05, 0.1) is 13.7 Å². The first-order chi connectivity index (χ1) is 16.9. The number of hydrogen-bond acceptors (Lipinski definition) is 6. The third-order valence-electron chi connectivity index (χ3n) is 6.03. The first-order valence-electron chi connectivity index (χ1n) is 11.3. The molecular formula is C26H27Cl2N3O3S. The molecule has 0 saturated carbocycles. The summed E-state index contributed by atoms with van der Waals surface area (Å²) >= 11 is 13.7. The van der Waals surface area contributed by atoms with Crippen molar-refractivity contribution in [1.82, 2.24) is 9.80 Å². The number of piperazine rings is 1.